The van der Waals surface area contributed by atoms with E-state index in [0.29, 0.717) is 53.5 Å². The Bertz CT molecular complexity index is 1130. The predicted molar refractivity (Wildman–Crippen MR) is 109 cm³/mol. The van der Waals surface area contributed by atoms with E-state index in [2.05, 4.69) is 20.6 Å². The van der Waals surface area contributed by atoms with E-state index in [-0.39, 0.29) is 17.5 Å². The molecule has 12 heteroatoms. The van der Waals surface area contributed by atoms with Crippen LogP contribution in [0.25, 0.3) is 5.65 Å². The van der Waals surface area contributed by atoms with Crippen LogP contribution in [0.4, 0.5) is 24.7 Å². The summed E-state index contributed by atoms with van der Waals surface area (Å²) in [5.41, 5.74) is 0.529. The minimum absolute atomic E-state index is 0.0163. The zero-order valence-electron chi connectivity index (χ0n) is 17.4. The number of alkyl halides is 3. The topological polar surface area (TPSA) is 93.9 Å². The third kappa shape index (κ3) is 4.25. The van der Waals surface area contributed by atoms with Crippen LogP contribution >= 0.6 is 0 Å². The number of anilines is 2. The Morgan fingerprint density at radius 3 is 2.50 bits per heavy atom. The van der Waals surface area contributed by atoms with Gasteiger partial charge >= 0.3 is 6.18 Å². The van der Waals surface area contributed by atoms with Crippen LogP contribution in [0.5, 0.6) is 11.5 Å². The number of rotatable bonds is 5. The number of carbonyl (C=O) groups excluding carboxylic acids is 1. The van der Waals surface area contributed by atoms with Crippen molar-refractivity contribution in [2.75, 3.05) is 37.5 Å². The number of fused-ring (bicyclic) bond motifs is 1. The minimum atomic E-state index is -4.66. The smallest absolute Gasteiger partial charge is 0.453 e. The molecule has 0 bridgehead atoms. The third-order valence-electron chi connectivity index (χ3n) is 5.36. The maximum absolute atomic E-state index is 13.1. The highest BCUT2D eigenvalue weighted by atomic mass is 19.4. The second-order valence-corrected chi connectivity index (χ2v) is 7.30. The van der Waals surface area contributed by atoms with Crippen molar-refractivity contribution in [3.63, 3.8) is 0 Å². The van der Waals surface area contributed by atoms with Gasteiger partial charge in [-0.15, -0.1) is 15.3 Å². The summed E-state index contributed by atoms with van der Waals surface area (Å²) in [5.74, 6) is -0.107. The number of halogens is 3. The first-order valence-electron chi connectivity index (χ1n) is 9.87. The van der Waals surface area contributed by atoms with Gasteiger partial charge in [-0.3, -0.25) is 4.79 Å². The van der Waals surface area contributed by atoms with Crippen LogP contribution in [0, 0.1) is 5.92 Å². The largest absolute Gasteiger partial charge is 0.497 e. The average Bonchev–Trinajstić information content (AvgIpc) is 3.23. The van der Waals surface area contributed by atoms with Gasteiger partial charge in [-0.2, -0.15) is 17.7 Å². The molecule has 0 radical (unpaired) electrons. The van der Waals surface area contributed by atoms with Gasteiger partial charge < -0.3 is 19.7 Å². The van der Waals surface area contributed by atoms with Gasteiger partial charge in [0, 0.05) is 25.1 Å². The summed E-state index contributed by atoms with van der Waals surface area (Å²) in [6.07, 6.45) is -3.62. The highest BCUT2D eigenvalue weighted by Gasteiger charge is 2.38. The zero-order chi connectivity index (χ0) is 22.9. The Kier molecular flexibility index (Phi) is 5.76. The van der Waals surface area contributed by atoms with E-state index in [4.69, 9.17) is 9.47 Å². The summed E-state index contributed by atoms with van der Waals surface area (Å²) in [6, 6.07) is 8.17. The third-order valence-corrected chi connectivity index (χ3v) is 5.36. The normalized spacial score (nSPS) is 15.1. The number of benzene rings is 1. The second kappa shape index (κ2) is 8.52. The van der Waals surface area contributed by atoms with Gasteiger partial charge in [0.25, 0.3) is 5.82 Å². The Morgan fingerprint density at radius 2 is 1.84 bits per heavy atom. The molecule has 0 spiro atoms. The monoisotopic (exact) mass is 450 g/mol. The fourth-order valence-corrected chi connectivity index (χ4v) is 3.64. The molecule has 32 heavy (non-hydrogen) atoms. The van der Waals surface area contributed by atoms with Gasteiger partial charge in [0.2, 0.25) is 5.91 Å². The van der Waals surface area contributed by atoms with Gasteiger partial charge in [-0.05, 0) is 37.1 Å². The first-order chi connectivity index (χ1) is 15.3. The molecule has 1 aliphatic rings. The molecular formula is C20H21F3N6O3. The molecule has 0 atom stereocenters. The van der Waals surface area contributed by atoms with E-state index in [1.54, 1.807) is 24.3 Å². The molecular weight excluding hydrogens is 429 g/mol. The maximum Gasteiger partial charge on any atom is 0.453 e. The van der Waals surface area contributed by atoms with E-state index in [1.807, 2.05) is 4.90 Å². The summed E-state index contributed by atoms with van der Waals surface area (Å²) >= 11 is 0. The number of amides is 1. The summed E-state index contributed by atoms with van der Waals surface area (Å²) < 4.78 is 50.5. The predicted octanol–water partition coefficient (Wildman–Crippen LogP) is 3.02. The SMILES string of the molecule is COc1ccc(OC)c(NC(=O)C2CCN(c3ccc4nnc(C(F)(F)F)n4n3)CC2)c1. The van der Waals surface area contributed by atoms with E-state index < -0.39 is 12.0 Å². The van der Waals surface area contributed by atoms with E-state index in [9.17, 15) is 18.0 Å². The van der Waals surface area contributed by atoms with Crippen molar-refractivity contribution in [2.24, 2.45) is 5.92 Å². The summed E-state index contributed by atoms with van der Waals surface area (Å²) in [4.78, 5) is 14.6. The minimum Gasteiger partial charge on any atom is -0.497 e. The molecule has 3 aromatic rings. The number of carbonyl (C=O) groups is 1. The molecule has 0 aliphatic carbocycles. The lowest BCUT2D eigenvalue weighted by Gasteiger charge is -2.32. The number of ether oxygens (including phenoxy) is 2. The quantitative estimate of drug-likeness (QED) is 0.639. The number of hydrogen-bond donors (Lipinski definition) is 1. The van der Waals surface area contributed by atoms with E-state index in [1.165, 1.54) is 20.3 Å². The molecule has 1 N–H and O–H groups in total. The van der Waals surface area contributed by atoms with E-state index >= 15 is 0 Å². The highest BCUT2D eigenvalue weighted by molar-refractivity contribution is 5.94. The Hall–Kier alpha value is -3.57. The van der Waals surface area contributed by atoms with Gasteiger partial charge in [-0.1, -0.05) is 0 Å². The number of methoxy groups -OCH3 is 2. The number of nitrogens with one attached hydrogen (secondary N) is 1. The zero-order valence-corrected chi connectivity index (χ0v) is 17.4. The lowest BCUT2D eigenvalue weighted by molar-refractivity contribution is -0.146. The first-order valence-corrected chi connectivity index (χ1v) is 9.87. The van der Waals surface area contributed by atoms with Crippen LogP contribution in [0.1, 0.15) is 18.7 Å². The molecule has 0 saturated carbocycles. The second-order valence-electron chi connectivity index (χ2n) is 7.30. The van der Waals surface area contributed by atoms with Crippen LogP contribution < -0.4 is 19.7 Å². The van der Waals surface area contributed by atoms with Crippen molar-refractivity contribution in [1.29, 1.82) is 0 Å². The number of nitrogens with zero attached hydrogens (tertiary/aromatic N) is 5. The molecule has 9 nitrogen and oxygen atoms in total. The molecule has 1 aromatic carbocycles. The maximum atomic E-state index is 13.1. The van der Waals surface area contributed by atoms with Crippen LogP contribution in [0.2, 0.25) is 0 Å². The van der Waals surface area contributed by atoms with Crippen molar-refractivity contribution < 1.29 is 27.4 Å². The molecule has 170 valence electrons. The number of hydrogen-bond acceptors (Lipinski definition) is 7. The van der Waals surface area contributed by atoms with Crippen molar-refractivity contribution in [1.82, 2.24) is 19.8 Å². The molecule has 1 aliphatic heterocycles. The lowest BCUT2D eigenvalue weighted by Crippen LogP contribution is -2.38. The van der Waals surface area contributed by atoms with Crippen molar-refractivity contribution in [3.05, 3.63) is 36.2 Å². The number of aromatic nitrogens is 4. The van der Waals surface area contributed by atoms with Gasteiger partial charge in [0.15, 0.2) is 5.65 Å². The van der Waals surface area contributed by atoms with E-state index in [0.717, 1.165) is 0 Å². The summed E-state index contributed by atoms with van der Waals surface area (Å²) in [7, 11) is 3.05. The van der Waals surface area contributed by atoms with Crippen LogP contribution in [-0.4, -0.2) is 53.0 Å². The fourth-order valence-electron chi connectivity index (χ4n) is 3.64. The standard InChI is InChI=1S/C20H21F3N6O3/c1-31-13-3-4-15(32-2)14(11-13)24-18(30)12-7-9-28(10-8-12)17-6-5-16-25-26-19(20(21,22)23)29(16)27-17/h3-6,11-12H,7-10H2,1-2H3,(H,24,30). The molecule has 0 unspecified atom stereocenters. The van der Waals surface area contributed by atoms with Gasteiger partial charge in [-0.25, -0.2) is 0 Å². The highest BCUT2D eigenvalue weighted by Crippen LogP contribution is 2.31. The summed E-state index contributed by atoms with van der Waals surface area (Å²) in [6.45, 7) is 0.935. The van der Waals surface area contributed by atoms with Crippen LogP contribution in [-0.2, 0) is 11.0 Å². The van der Waals surface area contributed by atoms with Crippen molar-refractivity contribution in [3.8, 4) is 11.5 Å². The Morgan fingerprint density at radius 1 is 1.09 bits per heavy atom. The molecule has 1 fully saturated rings. The Balaban J connectivity index is 1.44. The molecule has 3 heterocycles. The first kappa shape index (κ1) is 21.7. The van der Waals surface area contributed by atoms with Crippen LogP contribution in [0.15, 0.2) is 30.3 Å². The Labute approximate surface area is 181 Å². The van der Waals surface area contributed by atoms with Crippen molar-refractivity contribution in [2.45, 2.75) is 19.0 Å². The molecule has 1 saturated heterocycles. The molecule has 4 rings (SSSR count). The van der Waals surface area contributed by atoms with Gasteiger partial charge in [0.1, 0.15) is 17.3 Å². The number of piperidine rings is 1. The fraction of sp³-hybridized carbons (Fsp3) is 0.400. The lowest BCUT2D eigenvalue weighted by atomic mass is 9.95. The summed E-state index contributed by atoms with van der Waals surface area (Å²) in [5, 5.41) is 13.7. The van der Waals surface area contributed by atoms with Crippen LogP contribution in [0.3, 0.4) is 0 Å². The van der Waals surface area contributed by atoms with Crippen molar-refractivity contribution >= 4 is 23.1 Å². The molecule has 2 aromatic heterocycles. The van der Waals surface area contributed by atoms with Gasteiger partial charge in [0.05, 0.1) is 19.9 Å². The molecule has 1 amide bonds. The average molecular weight is 450 g/mol.